The molecule has 1 unspecified atom stereocenters. The number of aromatic carboxylic acids is 1. The highest BCUT2D eigenvalue weighted by molar-refractivity contribution is 5.95. The first-order valence-corrected chi connectivity index (χ1v) is 6.73. The van der Waals surface area contributed by atoms with E-state index in [2.05, 4.69) is 4.98 Å². The number of piperidine rings is 1. The summed E-state index contributed by atoms with van der Waals surface area (Å²) in [5, 5.41) is 9.30. The summed E-state index contributed by atoms with van der Waals surface area (Å²) in [4.78, 5) is 17.0. The number of anilines is 1. The van der Waals surface area contributed by atoms with E-state index in [-0.39, 0.29) is 18.5 Å². The van der Waals surface area contributed by atoms with E-state index >= 15 is 0 Å². The van der Waals surface area contributed by atoms with Crippen LogP contribution in [-0.2, 0) is 0 Å². The molecular weight excluding hydrogens is 285 g/mol. The number of carboxylic acid groups (broad SMARTS) is 1. The number of hydrogen-bond donors (Lipinski definition) is 1. The minimum absolute atomic E-state index is 0.0107. The molecule has 1 fully saturated rings. The Morgan fingerprint density at radius 3 is 2.67 bits per heavy atom. The Hall–Kier alpha value is -1.79. The standard InChI is InChI=1S/C14H17F3N2O2/c1-8-6-11(12(13(20)21)9(2)18-8)19-5-3-4-10(7-19)14(15,16)17/h6,10H,3-5,7H2,1-2H3,(H,20,21). The highest BCUT2D eigenvalue weighted by Gasteiger charge is 2.42. The van der Waals surface area contributed by atoms with E-state index in [4.69, 9.17) is 0 Å². The van der Waals surface area contributed by atoms with Crippen molar-refractivity contribution in [3.63, 3.8) is 0 Å². The molecule has 1 aromatic rings. The third kappa shape index (κ3) is 3.28. The summed E-state index contributed by atoms with van der Waals surface area (Å²) in [6.45, 7) is 3.49. The molecule has 0 aliphatic carbocycles. The number of rotatable bonds is 2. The van der Waals surface area contributed by atoms with E-state index < -0.39 is 18.1 Å². The molecule has 2 rings (SSSR count). The van der Waals surface area contributed by atoms with Gasteiger partial charge in [-0.15, -0.1) is 0 Å². The molecule has 21 heavy (non-hydrogen) atoms. The van der Waals surface area contributed by atoms with Crippen molar-refractivity contribution in [2.75, 3.05) is 18.0 Å². The van der Waals surface area contributed by atoms with Gasteiger partial charge in [-0.25, -0.2) is 4.79 Å². The first-order chi connectivity index (χ1) is 9.70. The second kappa shape index (κ2) is 5.54. The molecule has 0 saturated carbocycles. The predicted octanol–water partition coefficient (Wildman–Crippen LogP) is 3.18. The van der Waals surface area contributed by atoms with Gasteiger partial charge in [-0.2, -0.15) is 13.2 Å². The summed E-state index contributed by atoms with van der Waals surface area (Å²) in [5.74, 6) is -2.58. The largest absolute Gasteiger partial charge is 0.478 e. The third-order valence-electron chi connectivity index (χ3n) is 3.75. The monoisotopic (exact) mass is 302 g/mol. The number of aromatic nitrogens is 1. The van der Waals surface area contributed by atoms with Crippen LogP contribution in [0.15, 0.2) is 6.07 Å². The van der Waals surface area contributed by atoms with Crippen molar-refractivity contribution < 1.29 is 23.1 Å². The fourth-order valence-electron chi connectivity index (χ4n) is 2.78. The fraction of sp³-hybridized carbons (Fsp3) is 0.571. The summed E-state index contributed by atoms with van der Waals surface area (Å²) in [6.07, 6.45) is -3.77. The maximum Gasteiger partial charge on any atom is 0.393 e. The number of halogens is 3. The first kappa shape index (κ1) is 15.6. The van der Waals surface area contributed by atoms with Crippen LogP contribution >= 0.6 is 0 Å². The van der Waals surface area contributed by atoms with Crippen molar-refractivity contribution in [3.05, 3.63) is 23.0 Å². The van der Waals surface area contributed by atoms with Gasteiger partial charge in [0, 0.05) is 18.8 Å². The third-order valence-corrected chi connectivity index (χ3v) is 3.75. The van der Waals surface area contributed by atoms with E-state index in [1.807, 2.05) is 0 Å². The fourth-order valence-corrected chi connectivity index (χ4v) is 2.78. The molecule has 1 saturated heterocycles. The van der Waals surface area contributed by atoms with Crippen molar-refractivity contribution in [3.8, 4) is 0 Å². The summed E-state index contributed by atoms with van der Waals surface area (Å²) in [6, 6.07) is 1.55. The molecule has 2 heterocycles. The highest BCUT2D eigenvalue weighted by atomic mass is 19.4. The predicted molar refractivity (Wildman–Crippen MR) is 71.7 cm³/mol. The molecule has 1 aliphatic heterocycles. The maximum atomic E-state index is 12.9. The number of pyridine rings is 1. The smallest absolute Gasteiger partial charge is 0.393 e. The van der Waals surface area contributed by atoms with Crippen LogP contribution in [0.4, 0.5) is 18.9 Å². The molecule has 1 aliphatic rings. The summed E-state index contributed by atoms with van der Waals surface area (Å²) in [5.41, 5.74) is 1.25. The summed E-state index contributed by atoms with van der Waals surface area (Å²) < 4.78 is 38.7. The second-order valence-electron chi connectivity index (χ2n) is 5.38. The van der Waals surface area contributed by atoms with Crippen molar-refractivity contribution in [2.24, 2.45) is 5.92 Å². The molecular formula is C14H17F3N2O2. The van der Waals surface area contributed by atoms with Crippen molar-refractivity contribution in [1.29, 1.82) is 0 Å². The van der Waals surface area contributed by atoms with Gasteiger partial charge in [0.1, 0.15) is 5.56 Å². The number of carbonyl (C=O) groups is 1. The Morgan fingerprint density at radius 2 is 2.10 bits per heavy atom. The van der Waals surface area contributed by atoms with Gasteiger partial charge in [0.2, 0.25) is 0 Å². The summed E-state index contributed by atoms with van der Waals surface area (Å²) >= 11 is 0. The van der Waals surface area contributed by atoms with Crippen LogP contribution in [0.3, 0.4) is 0 Å². The van der Waals surface area contributed by atoms with Crippen LogP contribution in [0.25, 0.3) is 0 Å². The van der Waals surface area contributed by atoms with Gasteiger partial charge < -0.3 is 10.0 Å². The molecule has 0 bridgehead atoms. The zero-order valence-corrected chi connectivity index (χ0v) is 11.9. The number of aryl methyl sites for hydroxylation is 2. The quantitative estimate of drug-likeness (QED) is 0.911. The average molecular weight is 302 g/mol. The molecule has 1 N–H and O–H groups in total. The second-order valence-corrected chi connectivity index (χ2v) is 5.38. The normalized spacial score (nSPS) is 19.7. The Balaban J connectivity index is 2.39. The Morgan fingerprint density at radius 1 is 1.43 bits per heavy atom. The molecule has 1 atom stereocenters. The minimum atomic E-state index is -4.25. The SMILES string of the molecule is Cc1cc(N2CCCC(C(F)(F)F)C2)c(C(=O)O)c(C)n1. The Bertz CT molecular complexity index is 558. The lowest BCUT2D eigenvalue weighted by Gasteiger charge is -2.36. The van der Waals surface area contributed by atoms with Crippen LogP contribution in [0.5, 0.6) is 0 Å². The number of carboxylic acids is 1. The lowest BCUT2D eigenvalue weighted by molar-refractivity contribution is -0.175. The van der Waals surface area contributed by atoms with E-state index in [0.29, 0.717) is 30.0 Å². The number of nitrogens with zero attached hydrogens (tertiary/aromatic N) is 2. The van der Waals surface area contributed by atoms with Gasteiger partial charge in [0.05, 0.1) is 17.3 Å². The van der Waals surface area contributed by atoms with Gasteiger partial charge in [-0.3, -0.25) is 4.98 Å². The number of hydrogen-bond acceptors (Lipinski definition) is 3. The summed E-state index contributed by atoms with van der Waals surface area (Å²) in [7, 11) is 0. The topological polar surface area (TPSA) is 53.4 Å². The molecule has 0 aromatic carbocycles. The van der Waals surface area contributed by atoms with Gasteiger partial charge in [-0.1, -0.05) is 0 Å². The van der Waals surface area contributed by atoms with Gasteiger partial charge in [-0.05, 0) is 32.8 Å². The molecule has 0 radical (unpaired) electrons. The zero-order valence-electron chi connectivity index (χ0n) is 11.9. The van der Waals surface area contributed by atoms with E-state index in [9.17, 15) is 23.1 Å². The van der Waals surface area contributed by atoms with Crippen LogP contribution in [-0.4, -0.2) is 35.3 Å². The van der Waals surface area contributed by atoms with Crippen LogP contribution < -0.4 is 4.90 Å². The van der Waals surface area contributed by atoms with Crippen molar-refractivity contribution >= 4 is 11.7 Å². The zero-order chi connectivity index (χ0) is 15.8. The maximum absolute atomic E-state index is 12.9. The lowest BCUT2D eigenvalue weighted by atomic mass is 9.96. The van der Waals surface area contributed by atoms with Gasteiger partial charge >= 0.3 is 12.1 Å². The Labute approximate surface area is 120 Å². The molecule has 4 nitrogen and oxygen atoms in total. The highest BCUT2D eigenvalue weighted by Crippen LogP contribution is 2.36. The van der Waals surface area contributed by atoms with Gasteiger partial charge in [0.25, 0.3) is 0 Å². The molecule has 116 valence electrons. The molecule has 7 heteroatoms. The molecule has 0 amide bonds. The van der Waals surface area contributed by atoms with Crippen LogP contribution in [0, 0.1) is 19.8 Å². The van der Waals surface area contributed by atoms with E-state index in [1.54, 1.807) is 19.9 Å². The van der Waals surface area contributed by atoms with Crippen LogP contribution in [0.2, 0.25) is 0 Å². The van der Waals surface area contributed by atoms with E-state index in [0.717, 1.165) is 0 Å². The first-order valence-electron chi connectivity index (χ1n) is 6.73. The van der Waals surface area contributed by atoms with Crippen molar-refractivity contribution in [2.45, 2.75) is 32.9 Å². The van der Waals surface area contributed by atoms with E-state index in [1.165, 1.54) is 4.90 Å². The lowest BCUT2D eigenvalue weighted by Crippen LogP contribution is -2.42. The Kier molecular flexibility index (Phi) is 4.11. The molecule has 0 spiro atoms. The average Bonchev–Trinajstić information content (AvgIpc) is 2.36. The van der Waals surface area contributed by atoms with Crippen LogP contribution in [0.1, 0.15) is 34.6 Å². The van der Waals surface area contributed by atoms with Gasteiger partial charge in [0.15, 0.2) is 0 Å². The minimum Gasteiger partial charge on any atom is -0.478 e. The molecule has 1 aromatic heterocycles. The van der Waals surface area contributed by atoms with Crippen molar-refractivity contribution in [1.82, 2.24) is 4.98 Å². The number of alkyl halides is 3.